The van der Waals surface area contributed by atoms with E-state index in [-0.39, 0.29) is 0 Å². The van der Waals surface area contributed by atoms with Crippen molar-refractivity contribution in [3.05, 3.63) is 157 Å². The minimum absolute atomic E-state index is 0.805. The number of para-hydroxylation sites is 1. The first-order valence-corrected chi connectivity index (χ1v) is 16.6. The van der Waals surface area contributed by atoms with Crippen molar-refractivity contribution in [3.63, 3.8) is 0 Å². The van der Waals surface area contributed by atoms with E-state index < -0.39 is 0 Å². The summed E-state index contributed by atoms with van der Waals surface area (Å²) >= 11 is 1.80. The van der Waals surface area contributed by atoms with Gasteiger partial charge in [-0.1, -0.05) is 78.9 Å². The smallest absolute Gasteiger partial charge is 0.0887 e. The minimum Gasteiger partial charge on any atom is -0.309 e. The zero-order valence-corrected chi connectivity index (χ0v) is 25.9. The van der Waals surface area contributed by atoms with Crippen molar-refractivity contribution < 1.29 is 0 Å². The monoisotopic (exact) mass is 607 g/mol. The molecule has 0 saturated heterocycles. The van der Waals surface area contributed by atoms with Crippen LogP contribution < -0.4 is 4.90 Å². The molecule has 0 bridgehead atoms. The zero-order chi connectivity index (χ0) is 30.5. The number of benzene rings is 5. The van der Waals surface area contributed by atoms with Gasteiger partial charge in [-0.25, -0.2) is 0 Å². The van der Waals surface area contributed by atoms with Crippen LogP contribution in [-0.4, -0.2) is 17.2 Å². The van der Waals surface area contributed by atoms with Gasteiger partial charge in [0.25, 0.3) is 0 Å². The lowest BCUT2D eigenvalue weighted by molar-refractivity contribution is 0.991. The maximum absolute atomic E-state index is 4.75. The van der Waals surface area contributed by atoms with E-state index in [1.165, 1.54) is 49.2 Å². The van der Waals surface area contributed by atoms with Crippen LogP contribution in [0.15, 0.2) is 156 Å². The van der Waals surface area contributed by atoms with Crippen molar-refractivity contribution in [1.29, 1.82) is 0 Å². The molecule has 0 aliphatic carbocycles. The van der Waals surface area contributed by atoms with Gasteiger partial charge in [-0.15, -0.1) is 11.3 Å². The molecular formula is C42H29N3S. The SMILES string of the molecule is C1=CC(c2cc(-c3cc(-c4ccccc4)cc(N4c5ccccc5-c5ccccc5-c5c4ccc4sccc54)c3)ccn2)=NCC1. The highest BCUT2D eigenvalue weighted by Crippen LogP contribution is 2.53. The van der Waals surface area contributed by atoms with Gasteiger partial charge in [0.15, 0.2) is 0 Å². The molecule has 0 saturated carbocycles. The van der Waals surface area contributed by atoms with Crippen LogP contribution >= 0.6 is 11.3 Å². The van der Waals surface area contributed by atoms with Crippen molar-refractivity contribution in [3.8, 4) is 44.5 Å². The van der Waals surface area contributed by atoms with E-state index in [2.05, 4.69) is 150 Å². The summed E-state index contributed by atoms with van der Waals surface area (Å²) in [6, 6.07) is 46.5. The molecule has 3 nitrogen and oxygen atoms in total. The second kappa shape index (κ2) is 11.1. The molecule has 2 aliphatic heterocycles. The molecule has 2 aliphatic rings. The molecule has 0 N–H and O–H groups in total. The number of pyridine rings is 1. The minimum atomic E-state index is 0.805. The summed E-state index contributed by atoms with van der Waals surface area (Å²) in [6.07, 6.45) is 7.16. The van der Waals surface area contributed by atoms with Crippen LogP contribution in [0, 0.1) is 0 Å². The maximum atomic E-state index is 4.75. The fraction of sp³-hybridized carbons (Fsp3) is 0.0476. The summed E-state index contributed by atoms with van der Waals surface area (Å²) in [7, 11) is 0. The molecule has 218 valence electrons. The fourth-order valence-electron chi connectivity index (χ4n) is 6.87. The van der Waals surface area contributed by atoms with Crippen LogP contribution in [0.4, 0.5) is 17.1 Å². The average Bonchev–Trinajstić information content (AvgIpc) is 3.57. The lowest BCUT2D eigenvalue weighted by Crippen LogP contribution is -2.11. The number of aliphatic imine (C=N–C) groups is 1. The van der Waals surface area contributed by atoms with Crippen LogP contribution in [0.5, 0.6) is 0 Å². The van der Waals surface area contributed by atoms with E-state index in [9.17, 15) is 0 Å². The van der Waals surface area contributed by atoms with Crippen LogP contribution in [0.3, 0.4) is 0 Å². The third kappa shape index (κ3) is 4.49. The molecule has 5 aromatic carbocycles. The number of fused-ring (bicyclic) bond motifs is 7. The summed E-state index contributed by atoms with van der Waals surface area (Å²) < 4.78 is 1.29. The van der Waals surface area contributed by atoms with Gasteiger partial charge >= 0.3 is 0 Å². The Balaban J connectivity index is 1.33. The molecule has 7 aromatic rings. The van der Waals surface area contributed by atoms with Gasteiger partial charge in [0.1, 0.15) is 0 Å². The summed E-state index contributed by atoms with van der Waals surface area (Å²) in [6.45, 7) is 0.805. The van der Waals surface area contributed by atoms with Crippen molar-refractivity contribution in [1.82, 2.24) is 4.98 Å². The highest BCUT2D eigenvalue weighted by Gasteiger charge is 2.28. The van der Waals surface area contributed by atoms with Crippen molar-refractivity contribution in [2.24, 2.45) is 4.99 Å². The zero-order valence-electron chi connectivity index (χ0n) is 25.1. The molecule has 4 heteroatoms. The Morgan fingerprint density at radius 1 is 0.609 bits per heavy atom. The second-order valence-electron chi connectivity index (χ2n) is 11.7. The Kier molecular flexibility index (Phi) is 6.46. The number of hydrogen-bond donors (Lipinski definition) is 0. The number of thiophene rings is 1. The van der Waals surface area contributed by atoms with E-state index >= 15 is 0 Å². The van der Waals surface area contributed by atoms with Crippen molar-refractivity contribution in [2.45, 2.75) is 6.42 Å². The molecule has 4 heterocycles. The van der Waals surface area contributed by atoms with Gasteiger partial charge in [0.05, 0.1) is 22.8 Å². The van der Waals surface area contributed by atoms with Gasteiger partial charge in [-0.05, 0) is 106 Å². The van der Waals surface area contributed by atoms with Crippen LogP contribution in [0.25, 0.3) is 54.6 Å². The third-order valence-corrected chi connectivity index (χ3v) is 9.86. The predicted molar refractivity (Wildman–Crippen MR) is 195 cm³/mol. The number of dihydropyridines is 1. The van der Waals surface area contributed by atoms with Crippen molar-refractivity contribution in [2.75, 3.05) is 11.4 Å². The lowest BCUT2D eigenvalue weighted by atomic mass is 9.93. The highest BCUT2D eigenvalue weighted by atomic mass is 32.1. The fourth-order valence-corrected chi connectivity index (χ4v) is 7.66. The molecule has 0 unspecified atom stereocenters. The van der Waals surface area contributed by atoms with Gasteiger partial charge in [0, 0.05) is 39.6 Å². The quantitative estimate of drug-likeness (QED) is 0.199. The topological polar surface area (TPSA) is 28.5 Å². The Morgan fingerprint density at radius 2 is 1.39 bits per heavy atom. The summed E-state index contributed by atoms with van der Waals surface area (Å²) in [4.78, 5) is 11.9. The molecule has 0 spiro atoms. The molecule has 0 fully saturated rings. The van der Waals surface area contributed by atoms with Gasteiger partial charge in [-0.2, -0.15) is 0 Å². The first-order chi connectivity index (χ1) is 22.8. The van der Waals surface area contributed by atoms with Crippen molar-refractivity contribution >= 4 is 44.2 Å². The number of anilines is 3. The molecule has 0 amide bonds. The van der Waals surface area contributed by atoms with E-state index in [4.69, 9.17) is 9.98 Å². The normalized spacial score (nSPS) is 13.5. The Labute approximate surface area is 272 Å². The largest absolute Gasteiger partial charge is 0.309 e. The number of rotatable bonds is 4. The highest BCUT2D eigenvalue weighted by molar-refractivity contribution is 7.17. The number of hydrogen-bond acceptors (Lipinski definition) is 4. The maximum Gasteiger partial charge on any atom is 0.0887 e. The second-order valence-corrected chi connectivity index (χ2v) is 12.7. The summed E-state index contributed by atoms with van der Waals surface area (Å²) in [5.41, 5.74) is 14.9. The van der Waals surface area contributed by atoms with Gasteiger partial charge in [-0.3, -0.25) is 9.98 Å². The van der Waals surface area contributed by atoms with Crippen LogP contribution in [0.1, 0.15) is 12.1 Å². The van der Waals surface area contributed by atoms with Crippen LogP contribution in [0.2, 0.25) is 0 Å². The molecule has 0 radical (unpaired) electrons. The Bertz CT molecular complexity index is 2330. The molecular weight excluding hydrogens is 579 g/mol. The van der Waals surface area contributed by atoms with E-state index in [1.54, 1.807) is 11.3 Å². The Hall–Kier alpha value is -5.58. The Morgan fingerprint density at radius 3 is 2.24 bits per heavy atom. The number of aromatic nitrogens is 1. The third-order valence-electron chi connectivity index (χ3n) is 8.98. The van der Waals surface area contributed by atoms with E-state index in [0.717, 1.165) is 46.9 Å². The van der Waals surface area contributed by atoms with E-state index in [0.29, 0.717) is 0 Å². The summed E-state index contributed by atoms with van der Waals surface area (Å²) in [5, 5.41) is 3.49. The number of nitrogens with zero attached hydrogens (tertiary/aromatic N) is 3. The lowest BCUT2D eigenvalue weighted by Gasteiger charge is -2.28. The number of allylic oxidation sites excluding steroid dienone is 1. The van der Waals surface area contributed by atoms with Crippen LogP contribution in [-0.2, 0) is 0 Å². The molecule has 2 aromatic heterocycles. The molecule has 46 heavy (non-hydrogen) atoms. The van der Waals surface area contributed by atoms with Gasteiger partial charge < -0.3 is 4.90 Å². The first kappa shape index (κ1) is 26.8. The van der Waals surface area contributed by atoms with E-state index in [1.807, 2.05) is 6.20 Å². The predicted octanol–water partition coefficient (Wildman–Crippen LogP) is 11.5. The summed E-state index contributed by atoms with van der Waals surface area (Å²) in [5.74, 6) is 0. The average molecular weight is 608 g/mol. The van der Waals surface area contributed by atoms with Gasteiger partial charge in [0.2, 0.25) is 0 Å². The standard InChI is InChI=1S/C42H29N3S/c1-2-10-28(11-3-1)30-24-31(29-19-22-44-38(27-29)37-15-8-9-21-43-37)26-32(25-30)45-39-16-7-6-13-34(39)33-12-4-5-14-35(33)42-36-20-23-46-41(36)18-17-40(42)45/h1-8,10-20,22-27H,9,21H2. The molecule has 9 rings (SSSR count). The first-order valence-electron chi connectivity index (χ1n) is 15.7. The molecule has 0 atom stereocenters.